The molecule has 0 aromatic heterocycles. The van der Waals surface area contributed by atoms with E-state index in [2.05, 4.69) is 20.9 Å². The molecule has 0 aliphatic carbocycles. The van der Waals surface area contributed by atoms with Gasteiger partial charge in [-0.2, -0.15) is 5.26 Å². The predicted molar refractivity (Wildman–Crippen MR) is 121 cm³/mol. The SMILES string of the molecule is COCCCNC(=O)c1cc(NC(=O)Nc2ccc(C#N)cc2)ccc1N1CCCC1. The minimum atomic E-state index is -0.426. The molecule has 8 heteroatoms. The van der Waals surface area contributed by atoms with Gasteiger partial charge in [-0.25, -0.2) is 4.79 Å². The molecule has 0 spiro atoms. The molecule has 1 fully saturated rings. The number of hydrogen-bond donors (Lipinski definition) is 3. The number of anilines is 3. The number of benzene rings is 2. The maximum atomic E-state index is 12.8. The van der Waals surface area contributed by atoms with Crippen LogP contribution in [0.25, 0.3) is 0 Å². The summed E-state index contributed by atoms with van der Waals surface area (Å²) in [5.74, 6) is -0.172. The van der Waals surface area contributed by atoms with E-state index in [4.69, 9.17) is 10.00 Å². The average Bonchev–Trinajstić information content (AvgIpc) is 3.32. The maximum absolute atomic E-state index is 12.8. The highest BCUT2D eigenvalue weighted by atomic mass is 16.5. The van der Waals surface area contributed by atoms with Crippen LogP contribution in [0, 0.1) is 11.3 Å². The smallest absolute Gasteiger partial charge is 0.323 e. The third kappa shape index (κ3) is 6.20. The van der Waals surface area contributed by atoms with Crippen LogP contribution in [0.15, 0.2) is 42.5 Å². The summed E-state index contributed by atoms with van der Waals surface area (Å²) in [6.45, 7) is 2.92. The van der Waals surface area contributed by atoms with Crippen LogP contribution in [0.3, 0.4) is 0 Å². The number of carbonyl (C=O) groups excluding carboxylic acids is 2. The summed E-state index contributed by atoms with van der Waals surface area (Å²) >= 11 is 0. The van der Waals surface area contributed by atoms with Crippen LogP contribution in [0.4, 0.5) is 21.9 Å². The molecular formula is C23H27N5O3. The lowest BCUT2D eigenvalue weighted by Crippen LogP contribution is -2.29. The summed E-state index contributed by atoms with van der Waals surface area (Å²) in [7, 11) is 1.63. The fourth-order valence-corrected chi connectivity index (χ4v) is 3.46. The summed E-state index contributed by atoms with van der Waals surface area (Å²) in [5.41, 5.74) is 3.03. The van der Waals surface area contributed by atoms with E-state index in [9.17, 15) is 9.59 Å². The number of amides is 3. The molecule has 1 aliphatic heterocycles. The number of methoxy groups -OCH3 is 1. The minimum Gasteiger partial charge on any atom is -0.385 e. The van der Waals surface area contributed by atoms with Gasteiger partial charge in [-0.05, 0) is 61.7 Å². The Hall–Kier alpha value is -3.57. The van der Waals surface area contributed by atoms with Crippen LogP contribution in [0.1, 0.15) is 35.2 Å². The van der Waals surface area contributed by atoms with Crippen LogP contribution < -0.4 is 20.9 Å². The molecule has 31 heavy (non-hydrogen) atoms. The van der Waals surface area contributed by atoms with Crippen LogP contribution in [-0.4, -0.2) is 45.3 Å². The van der Waals surface area contributed by atoms with Crippen molar-refractivity contribution < 1.29 is 14.3 Å². The predicted octanol–water partition coefficient (Wildman–Crippen LogP) is 3.57. The monoisotopic (exact) mass is 421 g/mol. The van der Waals surface area contributed by atoms with Gasteiger partial charge in [0.05, 0.1) is 17.2 Å². The fraction of sp³-hybridized carbons (Fsp3) is 0.348. The molecule has 0 unspecified atom stereocenters. The molecule has 8 nitrogen and oxygen atoms in total. The van der Waals surface area contributed by atoms with Gasteiger partial charge in [-0.3, -0.25) is 4.79 Å². The zero-order valence-corrected chi connectivity index (χ0v) is 17.6. The first kappa shape index (κ1) is 22.1. The minimum absolute atomic E-state index is 0.172. The summed E-state index contributed by atoms with van der Waals surface area (Å²) in [6, 6.07) is 13.6. The molecule has 0 saturated carbocycles. The highest BCUT2D eigenvalue weighted by Gasteiger charge is 2.20. The Morgan fingerprint density at radius 2 is 1.74 bits per heavy atom. The molecule has 0 atom stereocenters. The quantitative estimate of drug-likeness (QED) is 0.565. The molecule has 3 amide bonds. The van der Waals surface area contributed by atoms with E-state index in [-0.39, 0.29) is 5.91 Å². The number of nitrogens with one attached hydrogen (secondary N) is 3. The average molecular weight is 422 g/mol. The Kier molecular flexibility index (Phi) is 7.85. The lowest BCUT2D eigenvalue weighted by atomic mass is 10.1. The van der Waals surface area contributed by atoms with Gasteiger partial charge in [-0.15, -0.1) is 0 Å². The van der Waals surface area contributed by atoms with Gasteiger partial charge in [0.1, 0.15) is 0 Å². The molecule has 1 aliphatic rings. The van der Waals surface area contributed by atoms with Crippen LogP contribution in [-0.2, 0) is 4.74 Å². The van der Waals surface area contributed by atoms with Crippen LogP contribution in [0.2, 0.25) is 0 Å². The van der Waals surface area contributed by atoms with Gasteiger partial charge >= 0.3 is 6.03 Å². The molecule has 3 rings (SSSR count). The van der Waals surface area contributed by atoms with Crippen molar-refractivity contribution in [3.63, 3.8) is 0 Å². The lowest BCUT2D eigenvalue weighted by Gasteiger charge is -2.22. The van der Waals surface area contributed by atoms with Gasteiger partial charge < -0.3 is 25.6 Å². The number of carbonyl (C=O) groups is 2. The van der Waals surface area contributed by atoms with Crippen LogP contribution in [0.5, 0.6) is 0 Å². The number of nitriles is 1. The number of urea groups is 1. The zero-order valence-electron chi connectivity index (χ0n) is 17.6. The molecule has 1 saturated heterocycles. The molecule has 0 radical (unpaired) electrons. The van der Waals surface area contributed by atoms with E-state index < -0.39 is 6.03 Å². The number of hydrogen-bond acceptors (Lipinski definition) is 5. The molecule has 0 bridgehead atoms. The third-order valence-electron chi connectivity index (χ3n) is 5.03. The summed E-state index contributed by atoms with van der Waals surface area (Å²) < 4.78 is 5.03. The molecule has 2 aromatic rings. The second-order valence-corrected chi connectivity index (χ2v) is 7.30. The Morgan fingerprint density at radius 3 is 2.42 bits per heavy atom. The number of rotatable bonds is 8. The van der Waals surface area contributed by atoms with Gasteiger partial charge in [0.25, 0.3) is 5.91 Å². The highest BCUT2D eigenvalue weighted by Crippen LogP contribution is 2.27. The fourth-order valence-electron chi connectivity index (χ4n) is 3.46. The normalized spacial score (nSPS) is 12.8. The van der Waals surface area contributed by atoms with Gasteiger partial charge in [-0.1, -0.05) is 0 Å². The molecule has 1 heterocycles. The number of ether oxygens (including phenoxy) is 1. The summed E-state index contributed by atoms with van der Waals surface area (Å²) in [6.07, 6.45) is 2.93. The molecular weight excluding hydrogens is 394 g/mol. The van der Waals surface area contributed by atoms with Crippen molar-refractivity contribution in [2.45, 2.75) is 19.3 Å². The van der Waals surface area contributed by atoms with Crippen molar-refractivity contribution in [3.8, 4) is 6.07 Å². The second-order valence-electron chi connectivity index (χ2n) is 7.30. The first-order chi connectivity index (χ1) is 15.1. The van der Waals surface area contributed by atoms with E-state index >= 15 is 0 Å². The van der Waals surface area contributed by atoms with Crippen LogP contribution >= 0.6 is 0 Å². The standard InChI is InChI=1S/C23H27N5O3/c1-31-14-4-11-25-22(29)20-15-19(9-10-21(20)28-12-2-3-13-28)27-23(30)26-18-7-5-17(16-24)6-8-18/h5-10,15H,2-4,11-14H2,1H3,(H,25,29)(H2,26,27,30). The van der Waals surface area contributed by atoms with E-state index in [1.54, 1.807) is 43.5 Å². The van der Waals surface area contributed by atoms with Crippen molar-refractivity contribution in [1.29, 1.82) is 5.26 Å². The van der Waals surface area contributed by atoms with Gasteiger partial charge in [0, 0.05) is 50.4 Å². The molecule has 2 aromatic carbocycles. The first-order valence-electron chi connectivity index (χ1n) is 10.3. The van der Waals surface area contributed by atoms with E-state index in [0.29, 0.717) is 35.7 Å². The van der Waals surface area contributed by atoms with Crippen molar-refractivity contribution in [1.82, 2.24) is 5.32 Å². The molecule has 3 N–H and O–H groups in total. The highest BCUT2D eigenvalue weighted by molar-refractivity contribution is 6.04. The van der Waals surface area contributed by atoms with Crippen molar-refractivity contribution in [3.05, 3.63) is 53.6 Å². The van der Waals surface area contributed by atoms with Gasteiger partial charge in [0.15, 0.2) is 0 Å². The molecule has 162 valence electrons. The van der Waals surface area contributed by atoms with Crippen molar-refractivity contribution >= 4 is 29.0 Å². The van der Waals surface area contributed by atoms with Crippen molar-refractivity contribution in [2.24, 2.45) is 0 Å². The van der Waals surface area contributed by atoms with E-state index in [1.807, 2.05) is 12.1 Å². The largest absolute Gasteiger partial charge is 0.385 e. The van der Waals surface area contributed by atoms with E-state index in [0.717, 1.165) is 38.0 Å². The van der Waals surface area contributed by atoms with E-state index in [1.165, 1.54) is 0 Å². The Morgan fingerprint density at radius 1 is 1.06 bits per heavy atom. The topological polar surface area (TPSA) is 106 Å². The summed E-state index contributed by atoms with van der Waals surface area (Å²) in [5, 5.41) is 17.3. The Balaban J connectivity index is 1.71. The van der Waals surface area contributed by atoms with Crippen molar-refractivity contribution in [2.75, 3.05) is 48.9 Å². The third-order valence-corrected chi connectivity index (χ3v) is 5.03. The lowest BCUT2D eigenvalue weighted by molar-refractivity contribution is 0.0949. The maximum Gasteiger partial charge on any atom is 0.323 e. The Labute approximate surface area is 182 Å². The first-order valence-corrected chi connectivity index (χ1v) is 10.3. The zero-order chi connectivity index (χ0) is 22.1. The second kappa shape index (κ2) is 11.0. The summed E-state index contributed by atoms with van der Waals surface area (Å²) in [4.78, 5) is 27.4. The number of nitrogens with zero attached hydrogens (tertiary/aromatic N) is 2. The Bertz CT molecular complexity index is 947. The van der Waals surface area contributed by atoms with Gasteiger partial charge in [0.2, 0.25) is 0 Å².